The van der Waals surface area contributed by atoms with Crippen LogP contribution in [0.3, 0.4) is 0 Å². The summed E-state index contributed by atoms with van der Waals surface area (Å²) in [6.07, 6.45) is 4.86. The lowest BCUT2D eigenvalue weighted by Crippen LogP contribution is -2.34. The van der Waals surface area contributed by atoms with Gasteiger partial charge in [0.05, 0.1) is 17.9 Å². The topological polar surface area (TPSA) is 62.7 Å². The molecule has 1 atom stereocenters. The minimum Gasteiger partial charge on any atom is -0.512 e. The van der Waals surface area contributed by atoms with Crippen LogP contribution in [0.25, 0.3) is 5.57 Å². The largest absolute Gasteiger partial charge is 0.512 e. The molecule has 1 saturated heterocycles. The monoisotopic (exact) mass is 417 g/mol. The van der Waals surface area contributed by atoms with E-state index in [1.807, 2.05) is 12.1 Å². The fourth-order valence-electron chi connectivity index (χ4n) is 5.42. The Balaban J connectivity index is 1.57. The molecule has 0 amide bonds. The lowest BCUT2D eigenvalue weighted by atomic mass is 9.62. The van der Waals surface area contributed by atoms with Crippen molar-refractivity contribution in [3.63, 3.8) is 0 Å². The van der Waals surface area contributed by atoms with Gasteiger partial charge in [0.15, 0.2) is 11.4 Å². The maximum Gasteiger partial charge on any atom is 0.167 e. The van der Waals surface area contributed by atoms with Crippen LogP contribution in [0.1, 0.15) is 86.9 Å². The molecule has 1 unspecified atom stereocenters. The van der Waals surface area contributed by atoms with Crippen LogP contribution in [0.15, 0.2) is 36.2 Å². The van der Waals surface area contributed by atoms with Gasteiger partial charge in [-0.1, -0.05) is 45.9 Å². The van der Waals surface area contributed by atoms with Crippen molar-refractivity contribution in [3.8, 4) is 0 Å². The smallest absolute Gasteiger partial charge is 0.167 e. The summed E-state index contributed by atoms with van der Waals surface area (Å²) in [6, 6.07) is 8.57. The van der Waals surface area contributed by atoms with Crippen LogP contribution in [-0.2, 0) is 26.0 Å². The molecule has 1 N–H and O–H groups in total. The Morgan fingerprint density at radius 1 is 0.968 bits per heavy atom. The molecular formula is C27H31NO3. The zero-order valence-corrected chi connectivity index (χ0v) is 19.1. The summed E-state index contributed by atoms with van der Waals surface area (Å²) in [6.45, 7) is 12.1. The average molecular weight is 418 g/mol. The summed E-state index contributed by atoms with van der Waals surface area (Å²) in [4.78, 5) is 16.8. The highest BCUT2D eigenvalue weighted by molar-refractivity contribution is 6.23. The van der Waals surface area contributed by atoms with Crippen molar-refractivity contribution in [1.82, 2.24) is 4.98 Å². The molecular weight excluding hydrogens is 386 g/mol. The summed E-state index contributed by atoms with van der Waals surface area (Å²) in [5.74, 6) is 0.159. The Morgan fingerprint density at radius 2 is 1.61 bits per heavy atom. The molecule has 31 heavy (non-hydrogen) atoms. The fraction of sp³-hybridized carbons (Fsp3) is 0.481. The van der Waals surface area contributed by atoms with E-state index in [0.29, 0.717) is 30.6 Å². The Bertz CT molecular complexity index is 1120. The number of nitrogens with zero attached hydrogens (tertiary/aromatic N) is 1. The number of aliphatic hydroxyl groups is 1. The molecule has 1 aliphatic heterocycles. The number of rotatable bonds is 3. The number of hydrogen-bond donors (Lipinski definition) is 1. The van der Waals surface area contributed by atoms with Gasteiger partial charge in [-0.15, -0.1) is 0 Å². The molecule has 0 radical (unpaired) electrons. The molecule has 3 aliphatic rings. The Labute approximate surface area is 184 Å². The van der Waals surface area contributed by atoms with Gasteiger partial charge >= 0.3 is 0 Å². The number of carbonyl (C=O) groups excluding carboxylic acids is 1. The number of hydrogen-bond acceptors (Lipinski definition) is 4. The predicted molar refractivity (Wildman–Crippen MR) is 121 cm³/mol. The molecule has 5 rings (SSSR count). The van der Waals surface area contributed by atoms with E-state index in [4.69, 9.17) is 9.72 Å². The maximum absolute atomic E-state index is 12.1. The van der Waals surface area contributed by atoms with Crippen molar-refractivity contribution < 1.29 is 14.6 Å². The van der Waals surface area contributed by atoms with E-state index in [1.165, 1.54) is 35.1 Å². The van der Waals surface area contributed by atoms with Crippen LogP contribution in [-0.4, -0.2) is 22.5 Å². The van der Waals surface area contributed by atoms with Crippen LogP contribution < -0.4 is 0 Å². The van der Waals surface area contributed by atoms with E-state index in [-0.39, 0.29) is 22.4 Å². The number of Topliss-reactive ketones (excluding diaryl/α,β-unsaturated/α-hetero) is 1. The number of aliphatic hydroxyl groups excluding tert-OH is 1. The van der Waals surface area contributed by atoms with Crippen LogP contribution in [0.5, 0.6) is 0 Å². The van der Waals surface area contributed by atoms with Gasteiger partial charge in [-0.25, -0.2) is 0 Å². The molecule has 1 fully saturated rings. The molecule has 2 aliphatic carbocycles. The van der Waals surface area contributed by atoms with E-state index in [9.17, 15) is 9.90 Å². The summed E-state index contributed by atoms with van der Waals surface area (Å²) in [5, 5.41) is 10.1. The summed E-state index contributed by atoms with van der Waals surface area (Å²) in [5.41, 5.74) is 7.04. The minimum absolute atomic E-state index is 0.0141. The Kier molecular flexibility index (Phi) is 4.30. The Morgan fingerprint density at radius 3 is 2.13 bits per heavy atom. The number of aryl methyl sites for hydroxylation is 1. The highest BCUT2D eigenvalue weighted by atomic mass is 16.6. The third-order valence-electron chi connectivity index (χ3n) is 7.69. The predicted octanol–water partition coefficient (Wildman–Crippen LogP) is 5.64. The number of ketones is 1. The molecule has 162 valence electrons. The van der Waals surface area contributed by atoms with Gasteiger partial charge in [0.1, 0.15) is 5.76 Å². The number of fused-ring (bicyclic) bond motifs is 1. The first kappa shape index (κ1) is 20.4. The first-order valence-corrected chi connectivity index (χ1v) is 11.3. The summed E-state index contributed by atoms with van der Waals surface area (Å²) < 4.78 is 6.08. The molecule has 0 saturated carbocycles. The number of epoxide rings is 1. The van der Waals surface area contributed by atoms with Crippen LogP contribution in [0.2, 0.25) is 0 Å². The molecule has 0 bridgehead atoms. The molecule has 1 aromatic heterocycles. The lowest BCUT2D eigenvalue weighted by Gasteiger charge is -2.42. The van der Waals surface area contributed by atoms with Gasteiger partial charge in [-0.05, 0) is 58.9 Å². The first-order valence-electron chi connectivity index (χ1n) is 11.3. The highest BCUT2D eigenvalue weighted by Crippen LogP contribution is 2.51. The van der Waals surface area contributed by atoms with E-state index in [2.05, 4.69) is 46.8 Å². The molecule has 2 heterocycles. The minimum atomic E-state index is -0.522. The number of allylic oxidation sites excluding steroid dienone is 2. The fourth-order valence-corrected chi connectivity index (χ4v) is 5.42. The van der Waals surface area contributed by atoms with E-state index >= 15 is 0 Å². The standard InChI is InChI=1S/C27H31NO3/c1-16-12-19-20(26(4,5)11-10-25(19,2)3)13-18(16)27(15-31-27)23-9-6-17(14-28-23)24-21(29)7-8-22(24)30/h6,9,12-14,29H,7-8,10-11,15H2,1-5H3. The van der Waals surface area contributed by atoms with Gasteiger partial charge < -0.3 is 9.84 Å². The second-order valence-corrected chi connectivity index (χ2v) is 10.8. The van der Waals surface area contributed by atoms with Crippen LogP contribution >= 0.6 is 0 Å². The van der Waals surface area contributed by atoms with Crippen molar-refractivity contribution in [1.29, 1.82) is 0 Å². The third kappa shape index (κ3) is 3.07. The second-order valence-electron chi connectivity index (χ2n) is 10.8. The van der Waals surface area contributed by atoms with Crippen molar-refractivity contribution in [2.45, 2.75) is 76.7 Å². The van der Waals surface area contributed by atoms with Crippen molar-refractivity contribution in [2.75, 3.05) is 6.61 Å². The second kappa shape index (κ2) is 6.52. The van der Waals surface area contributed by atoms with E-state index in [0.717, 1.165) is 5.69 Å². The third-order valence-corrected chi connectivity index (χ3v) is 7.69. The lowest BCUT2D eigenvalue weighted by molar-refractivity contribution is -0.113. The zero-order valence-electron chi connectivity index (χ0n) is 19.1. The summed E-state index contributed by atoms with van der Waals surface area (Å²) >= 11 is 0. The van der Waals surface area contributed by atoms with Crippen molar-refractivity contribution in [2.24, 2.45) is 0 Å². The number of carbonyl (C=O) groups is 1. The number of aromatic nitrogens is 1. The molecule has 4 heteroatoms. The van der Waals surface area contributed by atoms with Gasteiger partial charge in [-0.2, -0.15) is 0 Å². The van der Waals surface area contributed by atoms with Crippen LogP contribution in [0, 0.1) is 6.92 Å². The number of benzene rings is 1. The summed E-state index contributed by atoms with van der Waals surface area (Å²) in [7, 11) is 0. The average Bonchev–Trinajstić information content (AvgIpc) is 3.45. The van der Waals surface area contributed by atoms with Gasteiger partial charge in [0.2, 0.25) is 0 Å². The molecule has 0 spiro atoms. The maximum atomic E-state index is 12.1. The quantitative estimate of drug-likeness (QED) is 0.656. The zero-order chi connectivity index (χ0) is 22.2. The normalized spacial score (nSPS) is 26.2. The van der Waals surface area contributed by atoms with E-state index < -0.39 is 5.60 Å². The first-order chi connectivity index (χ1) is 14.6. The molecule has 2 aromatic rings. The Hall–Kier alpha value is -2.46. The van der Waals surface area contributed by atoms with Crippen LogP contribution in [0.4, 0.5) is 0 Å². The number of pyridine rings is 1. The number of ether oxygens (including phenoxy) is 1. The van der Waals surface area contributed by atoms with Gasteiger partial charge in [-0.3, -0.25) is 9.78 Å². The van der Waals surface area contributed by atoms with Gasteiger partial charge in [0.25, 0.3) is 0 Å². The van der Waals surface area contributed by atoms with Crippen molar-refractivity contribution >= 4 is 11.4 Å². The molecule has 4 nitrogen and oxygen atoms in total. The molecule has 1 aromatic carbocycles. The SMILES string of the molecule is Cc1cc2c(cc1C1(c3ccc(C4=C(O)CCC4=O)cn3)CO1)C(C)(C)CCC2(C)C. The van der Waals surface area contributed by atoms with Gasteiger partial charge in [0, 0.05) is 24.6 Å². The van der Waals surface area contributed by atoms with E-state index in [1.54, 1.807) is 6.20 Å². The van der Waals surface area contributed by atoms with Crippen molar-refractivity contribution in [3.05, 3.63) is 69.7 Å². The highest BCUT2D eigenvalue weighted by Gasteiger charge is 2.51.